The average Bonchev–Trinajstić information content (AvgIpc) is 2.92. The molecule has 0 atom stereocenters. The van der Waals surface area contributed by atoms with Crippen molar-refractivity contribution in [2.45, 2.75) is 6.54 Å². The fourth-order valence-electron chi connectivity index (χ4n) is 1.56. The molecule has 2 rings (SSSR count). The lowest BCUT2D eigenvalue weighted by atomic mass is 10.2. The number of carbonyl (C=O) groups is 1. The van der Waals surface area contributed by atoms with Crippen LogP contribution < -0.4 is 5.32 Å². The fraction of sp³-hybridized carbons (Fsp3) is 0.214. The van der Waals surface area contributed by atoms with Crippen LogP contribution in [0.5, 0.6) is 0 Å². The van der Waals surface area contributed by atoms with Crippen LogP contribution in [0.3, 0.4) is 0 Å². The zero-order chi connectivity index (χ0) is 13.5. The van der Waals surface area contributed by atoms with E-state index >= 15 is 0 Å². The summed E-state index contributed by atoms with van der Waals surface area (Å²) in [7, 11) is 0. The summed E-state index contributed by atoms with van der Waals surface area (Å²) in [6, 6.07) is 9.51. The number of hydrogen-bond acceptors (Lipinski definition) is 4. The summed E-state index contributed by atoms with van der Waals surface area (Å²) in [5.41, 5.74) is 0.845. The lowest BCUT2D eigenvalue weighted by Crippen LogP contribution is -2.21. The van der Waals surface area contributed by atoms with Crippen LogP contribution in [-0.4, -0.2) is 19.1 Å². The molecular weight excluding hydrogens is 249 g/mol. The van der Waals surface area contributed by atoms with Crippen LogP contribution in [0, 0.1) is 5.82 Å². The molecule has 0 fully saturated rings. The third kappa shape index (κ3) is 4.22. The highest BCUT2D eigenvalue weighted by molar-refractivity contribution is 5.86. The SMILES string of the molecule is O=C(OCCNCc1cccc(F)c1)c1ccco1. The van der Waals surface area contributed by atoms with Gasteiger partial charge in [-0.15, -0.1) is 0 Å². The highest BCUT2D eigenvalue weighted by Gasteiger charge is 2.08. The van der Waals surface area contributed by atoms with E-state index in [4.69, 9.17) is 9.15 Å². The molecule has 1 heterocycles. The molecule has 1 aromatic carbocycles. The van der Waals surface area contributed by atoms with E-state index in [0.29, 0.717) is 13.1 Å². The molecule has 0 aliphatic carbocycles. The fourth-order valence-corrected chi connectivity index (χ4v) is 1.56. The Bertz CT molecular complexity index is 525. The summed E-state index contributed by atoms with van der Waals surface area (Å²) in [6.07, 6.45) is 1.42. The van der Waals surface area contributed by atoms with Crippen molar-refractivity contribution >= 4 is 5.97 Å². The molecule has 2 aromatic rings. The summed E-state index contributed by atoms with van der Waals surface area (Å²) in [5.74, 6) is -0.564. The summed E-state index contributed by atoms with van der Waals surface area (Å²) in [4.78, 5) is 11.4. The standard InChI is InChI=1S/C14H14FNO3/c15-12-4-1-3-11(9-12)10-16-6-8-19-14(17)13-5-2-7-18-13/h1-5,7,9,16H,6,8,10H2. The number of esters is 1. The summed E-state index contributed by atoms with van der Waals surface area (Å²) in [6.45, 7) is 1.24. The number of nitrogens with one attached hydrogen (secondary N) is 1. The third-order valence-electron chi connectivity index (χ3n) is 2.45. The second kappa shape index (κ2) is 6.70. The van der Waals surface area contributed by atoms with E-state index in [1.54, 1.807) is 18.2 Å². The molecule has 0 unspecified atom stereocenters. The molecule has 0 amide bonds. The van der Waals surface area contributed by atoms with E-state index in [0.717, 1.165) is 5.56 Å². The first-order valence-electron chi connectivity index (χ1n) is 5.91. The highest BCUT2D eigenvalue weighted by Crippen LogP contribution is 2.03. The number of furan rings is 1. The number of carbonyl (C=O) groups excluding carboxylic acids is 1. The summed E-state index contributed by atoms with van der Waals surface area (Å²) < 4.78 is 22.8. The van der Waals surface area contributed by atoms with Gasteiger partial charge in [-0.3, -0.25) is 0 Å². The van der Waals surface area contributed by atoms with Gasteiger partial charge >= 0.3 is 5.97 Å². The Balaban J connectivity index is 1.64. The lowest BCUT2D eigenvalue weighted by Gasteiger charge is -2.05. The number of hydrogen-bond donors (Lipinski definition) is 1. The second-order valence-corrected chi connectivity index (χ2v) is 3.92. The molecule has 1 N–H and O–H groups in total. The minimum atomic E-state index is -0.488. The maximum absolute atomic E-state index is 12.9. The van der Waals surface area contributed by atoms with E-state index in [9.17, 15) is 9.18 Å². The van der Waals surface area contributed by atoms with Gasteiger partial charge in [0, 0.05) is 13.1 Å². The zero-order valence-electron chi connectivity index (χ0n) is 10.3. The molecule has 0 spiro atoms. The van der Waals surface area contributed by atoms with Crippen molar-refractivity contribution in [2.75, 3.05) is 13.2 Å². The largest absolute Gasteiger partial charge is 0.458 e. The van der Waals surface area contributed by atoms with Crippen LogP contribution in [0.15, 0.2) is 47.1 Å². The Kier molecular flexibility index (Phi) is 4.69. The quantitative estimate of drug-likeness (QED) is 0.642. The molecule has 19 heavy (non-hydrogen) atoms. The molecule has 0 bridgehead atoms. The van der Waals surface area contributed by atoms with Gasteiger partial charge in [0.05, 0.1) is 6.26 Å². The average molecular weight is 263 g/mol. The Labute approximate surface area is 110 Å². The van der Waals surface area contributed by atoms with Crippen molar-refractivity contribution in [3.8, 4) is 0 Å². The minimum absolute atomic E-state index is 0.185. The van der Waals surface area contributed by atoms with Crippen molar-refractivity contribution < 1.29 is 18.3 Å². The van der Waals surface area contributed by atoms with Gasteiger partial charge in [-0.25, -0.2) is 9.18 Å². The molecule has 0 aliphatic heterocycles. The molecule has 0 aliphatic rings. The van der Waals surface area contributed by atoms with Crippen LogP contribution in [0.4, 0.5) is 4.39 Å². The number of benzene rings is 1. The molecule has 4 nitrogen and oxygen atoms in total. The van der Waals surface area contributed by atoms with Crippen LogP contribution in [0.1, 0.15) is 16.1 Å². The van der Waals surface area contributed by atoms with E-state index < -0.39 is 5.97 Å². The molecule has 5 heteroatoms. The smallest absolute Gasteiger partial charge is 0.374 e. The first kappa shape index (κ1) is 13.3. The van der Waals surface area contributed by atoms with Crippen molar-refractivity contribution in [1.29, 1.82) is 0 Å². The zero-order valence-corrected chi connectivity index (χ0v) is 10.3. The van der Waals surface area contributed by atoms with E-state index in [-0.39, 0.29) is 18.2 Å². The molecular formula is C14H14FNO3. The predicted molar refractivity (Wildman–Crippen MR) is 67.1 cm³/mol. The molecule has 1 aromatic heterocycles. The maximum Gasteiger partial charge on any atom is 0.374 e. The number of rotatable bonds is 6. The normalized spacial score (nSPS) is 10.4. The Morgan fingerprint density at radius 2 is 2.21 bits per heavy atom. The number of halogens is 1. The van der Waals surface area contributed by atoms with Gasteiger partial charge < -0.3 is 14.5 Å². The minimum Gasteiger partial charge on any atom is -0.458 e. The van der Waals surface area contributed by atoms with Gasteiger partial charge in [-0.05, 0) is 29.8 Å². The first-order chi connectivity index (χ1) is 9.25. The Morgan fingerprint density at radius 1 is 1.32 bits per heavy atom. The van der Waals surface area contributed by atoms with E-state index in [1.807, 2.05) is 6.07 Å². The third-order valence-corrected chi connectivity index (χ3v) is 2.45. The molecule has 100 valence electrons. The Hall–Kier alpha value is -2.14. The molecule has 0 saturated carbocycles. The van der Waals surface area contributed by atoms with Crippen LogP contribution in [0.2, 0.25) is 0 Å². The van der Waals surface area contributed by atoms with Gasteiger partial charge in [0.2, 0.25) is 5.76 Å². The summed E-state index contributed by atoms with van der Waals surface area (Å²) >= 11 is 0. The van der Waals surface area contributed by atoms with Crippen molar-refractivity contribution in [2.24, 2.45) is 0 Å². The van der Waals surface area contributed by atoms with Gasteiger partial charge in [0.1, 0.15) is 12.4 Å². The predicted octanol–water partition coefficient (Wildman–Crippen LogP) is 2.37. The van der Waals surface area contributed by atoms with E-state index in [2.05, 4.69) is 5.32 Å². The van der Waals surface area contributed by atoms with E-state index in [1.165, 1.54) is 18.4 Å². The van der Waals surface area contributed by atoms with Gasteiger partial charge in [-0.2, -0.15) is 0 Å². The van der Waals surface area contributed by atoms with Crippen LogP contribution >= 0.6 is 0 Å². The first-order valence-corrected chi connectivity index (χ1v) is 5.91. The lowest BCUT2D eigenvalue weighted by molar-refractivity contribution is 0.0472. The van der Waals surface area contributed by atoms with Crippen molar-refractivity contribution in [1.82, 2.24) is 5.32 Å². The van der Waals surface area contributed by atoms with Crippen molar-refractivity contribution in [3.05, 3.63) is 59.8 Å². The van der Waals surface area contributed by atoms with Crippen LogP contribution in [-0.2, 0) is 11.3 Å². The highest BCUT2D eigenvalue weighted by atomic mass is 19.1. The second-order valence-electron chi connectivity index (χ2n) is 3.92. The molecule has 0 radical (unpaired) electrons. The molecule has 0 saturated heterocycles. The number of ether oxygens (including phenoxy) is 1. The maximum atomic E-state index is 12.9. The summed E-state index contributed by atoms with van der Waals surface area (Å²) in [5, 5.41) is 3.06. The van der Waals surface area contributed by atoms with Gasteiger partial charge in [0.15, 0.2) is 0 Å². The monoisotopic (exact) mass is 263 g/mol. The Morgan fingerprint density at radius 3 is 2.95 bits per heavy atom. The van der Waals surface area contributed by atoms with Crippen LogP contribution in [0.25, 0.3) is 0 Å². The van der Waals surface area contributed by atoms with Gasteiger partial charge in [-0.1, -0.05) is 12.1 Å². The van der Waals surface area contributed by atoms with Crippen molar-refractivity contribution in [3.63, 3.8) is 0 Å². The topological polar surface area (TPSA) is 51.5 Å². The van der Waals surface area contributed by atoms with Gasteiger partial charge in [0.25, 0.3) is 0 Å².